The van der Waals surface area contributed by atoms with Crippen molar-refractivity contribution in [2.45, 2.75) is 76.2 Å². The van der Waals surface area contributed by atoms with Gasteiger partial charge in [-0.2, -0.15) is 0 Å². The van der Waals surface area contributed by atoms with Crippen molar-refractivity contribution in [2.24, 2.45) is 16.2 Å². The van der Waals surface area contributed by atoms with E-state index in [9.17, 15) is 0 Å². The Kier molecular flexibility index (Phi) is 6.29. The molecule has 0 aliphatic rings. The molecule has 0 heterocycles. The highest BCUT2D eigenvalue weighted by atomic mass is 14.6. The van der Waals surface area contributed by atoms with E-state index in [0.717, 1.165) is 0 Å². The van der Waals surface area contributed by atoms with Crippen molar-refractivity contribution in [1.29, 1.82) is 0 Å². The van der Waals surface area contributed by atoms with E-state index < -0.39 is 0 Å². The topological polar surface area (TPSA) is 0 Å². The highest BCUT2D eigenvalue weighted by molar-refractivity contribution is 5.41. The van der Waals surface area contributed by atoms with Crippen LogP contribution in [0.3, 0.4) is 0 Å². The van der Waals surface area contributed by atoms with Gasteiger partial charge in [0, 0.05) is 5.41 Å². The molecule has 0 radical (unpaired) electrons. The lowest BCUT2D eigenvalue weighted by atomic mass is 9.44. The van der Waals surface area contributed by atoms with E-state index in [0.29, 0.717) is 0 Å². The number of allylic oxidation sites excluding steroid dienone is 6. The van der Waals surface area contributed by atoms with Crippen LogP contribution in [0.1, 0.15) is 76.2 Å². The normalized spacial score (nSPS) is 13.9. The summed E-state index contributed by atoms with van der Waals surface area (Å²) >= 11 is 0. The Hall–Kier alpha value is -1.04. The third-order valence-electron chi connectivity index (χ3n) is 6.26. The Morgan fingerprint density at radius 1 is 0.727 bits per heavy atom. The van der Waals surface area contributed by atoms with Crippen LogP contribution in [-0.2, 0) is 0 Å². The minimum absolute atomic E-state index is 0.0559. The highest BCUT2D eigenvalue weighted by Gasteiger charge is 2.57. The quantitative estimate of drug-likeness (QED) is 0.445. The Morgan fingerprint density at radius 3 is 1.32 bits per heavy atom. The van der Waals surface area contributed by atoms with Crippen LogP contribution in [-0.4, -0.2) is 0 Å². The molecule has 0 aromatic rings. The third kappa shape index (κ3) is 2.77. The summed E-state index contributed by atoms with van der Waals surface area (Å²) in [6, 6.07) is 0. The predicted octanol–water partition coefficient (Wildman–Crippen LogP) is 7.50. The molecule has 0 heteroatoms. The second-order valence-electron chi connectivity index (χ2n) is 8.16. The zero-order valence-electron chi connectivity index (χ0n) is 17.0. The van der Waals surface area contributed by atoms with Gasteiger partial charge in [-0.25, -0.2) is 0 Å². The summed E-state index contributed by atoms with van der Waals surface area (Å²) in [6.07, 6.45) is 2.23. The van der Waals surface area contributed by atoms with Gasteiger partial charge in [0.1, 0.15) is 0 Å². The first-order chi connectivity index (χ1) is 9.72. The number of hydrogen-bond acceptors (Lipinski definition) is 0. The Balaban J connectivity index is 7.00. The first-order valence-corrected chi connectivity index (χ1v) is 8.32. The van der Waals surface area contributed by atoms with Crippen LogP contribution in [0.2, 0.25) is 0 Å². The summed E-state index contributed by atoms with van der Waals surface area (Å²) in [5, 5.41) is 0. The van der Waals surface area contributed by atoms with Gasteiger partial charge in [0.05, 0.1) is 0 Å². The summed E-state index contributed by atoms with van der Waals surface area (Å²) in [7, 11) is 0. The van der Waals surface area contributed by atoms with E-state index in [4.69, 9.17) is 0 Å². The molecule has 0 amide bonds. The molecule has 0 aliphatic carbocycles. The minimum atomic E-state index is -0.196. The molecule has 0 saturated carbocycles. The smallest absolute Gasteiger partial charge is 0.0286 e. The molecular formula is C22H38. The summed E-state index contributed by atoms with van der Waals surface area (Å²) in [6.45, 7) is 33.6. The van der Waals surface area contributed by atoms with Gasteiger partial charge in [-0.1, -0.05) is 74.8 Å². The SMILES string of the molecule is C=C(C)C(C(=C)C)(C(C)(C)C(C)=C(C)C)C(C)(C)/C(C)=C/C. The lowest BCUT2D eigenvalue weighted by Gasteiger charge is -2.59. The molecule has 126 valence electrons. The van der Waals surface area contributed by atoms with Gasteiger partial charge in [-0.15, -0.1) is 0 Å². The van der Waals surface area contributed by atoms with Crippen molar-refractivity contribution in [3.8, 4) is 0 Å². The van der Waals surface area contributed by atoms with E-state index in [1.807, 2.05) is 0 Å². The maximum atomic E-state index is 4.43. The summed E-state index contributed by atoms with van der Waals surface area (Å²) in [5.74, 6) is 0. The standard InChI is InChI=1S/C22H38/c1-14-18(8)20(10,11)22(16(4)5,17(6)7)21(12,13)19(9)15(2)3/h14H,4,6H2,1-3,5,7-13H3/b18-14+. The number of hydrogen-bond donors (Lipinski definition) is 0. The van der Waals surface area contributed by atoms with Crippen LogP contribution in [0.15, 0.2) is 47.1 Å². The van der Waals surface area contributed by atoms with E-state index in [1.165, 1.54) is 27.9 Å². The first kappa shape index (κ1) is 21.0. The minimum Gasteiger partial charge on any atom is -0.0992 e. The van der Waals surface area contributed by atoms with Gasteiger partial charge in [0.2, 0.25) is 0 Å². The molecule has 0 unspecified atom stereocenters. The largest absolute Gasteiger partial charge is 0.0992 e. The molecule has 0 fully saturated rings. The summed E-state index contributed by atoms with van der Waals surface area (Å²) < 4.78 is 0. The molecule has 0 N–H and O–H groups in total. The maximum Gasteiger partial charge on any atom is 0.0286 e. The highest BCUT2D eigenvalue weighted by Crippen LogP contribution is 2.64. The van der Waals surface area contributed by atoms with Crippen LogP contribution < -0.4 is 0 Å². The van der Waals surface area contributed by atoms with Crippen LogP contribution in [0.4, 0.5) is 0 Å². The Labute approximate surface area is 140 Å². The van der Waals surface area contributed by atoms with Crippen molar-refractivity contribution in [3.05, 3.63) is 47.1 Å². The van der Waals surface area contributed by atoms with Gasteiger partial charge < -0.3 is 0 Å². The van der Waals surface area contributed by atoms with Crippen molar-refractivity contribution >= 4 is 0 Å². The van der Waals surface area contributed by atoms with Crippen molar-refractivity contribution in [1.82, 2.24) is 0 Å². The Bertz CT molecular complexity index is 500. The van der Waals surface area contributed by atoms with E-state index in [2.05, 4.69) is 95.4 Å². The van der Waals surface area contributed by atoms with Crippen LogP contribution in [0.5, 0.6) is 0 Å². The Morgan fingerprint density at radius 2 is 1.09 bits per heavy atom. The lowest BCUT2D eigenvalue weighted by Crippen LogP contribution is -2.51. The third-order valence-corrected chi connectivity index (χ3v) is 6.26. The van der Waals surface area contributed by atoms with Gasteiger partial charge in [0.25, 0.3) is 0 Å². The van der Waals surface area contributed by atoms with Crippen LogP contribution >= 0.6 is 0 Å². The summed E-state index contributed by atoms with van der Waals surface area (Å²) in [4.78, 5) is 0. The molecule has 0 aromatic heterocycles. The second kappa shape index (κ2) is 6.60. The van der Waals surface area contributed by atoms with Crippen molar-refractivity contribution in [2.75, 3.05) is 0 Å². The fraction of sp³-hybridized carbons (Fsp3) is 0.636. The molecule has 0 bridgehead atoms. The average molecular weight is 303 g/mol. The second-order valence-corrected chi connectivity index (χ2v) is 8.16. The molecule has 0 atom stereocenters. The van der Waals surface area contributed by atoms with Gasteiger partial charge >= 0.3 is 0 Å². The molecular weight excluding hydrogens is 264 g/mol. The monoisotopic (exact) mass is 302 g/mol. The molecule has 0 rings (SSSR count). The fourth-order valence-electron chi connectivity index (χ4n) is 4.84. The van der Waals surface area contributed by atoms with Gasteiger partial charge in [0.15, 0.2) is 0 Å². The maximum absolute atomic E-state index is 4.43. The molecule has 0 spiro atoms. The molecule has 0 nitrogen and oxygen atoms in total. The molecule has 22 heavy (non-hydrogen) atoms. The molecule has 0 saturated heterocycles. The average Bonchev–Trinajstić information content (AvgIpc) is 2.35. The van der Waals surface area contributed by atoms with E-state index >= 15 is 0 Å². The van der Waals surface area contributed by atoms with Crippen molar-refractivity contribution < 1.29 is 0 Å². The fourth-order valence-corrected chi connectivity index (χ4v) is 4.84. The molecule has 0 aromatic carbocycles. The van der Waals surface area contributed by atoms with Crippen molar-refractivity contribution in [3.63, 3.8) is 0 Å². The predicted molar refractivity (Wildman–Crippen MR) is 103 cm³/mol. The van der Waals surface area contributed by atoms with Crippen LogP contribution in [0.25, 0.3) is 0 Å². The zero-order valence-corrected chi connectivity index (χ0v) is 17.0. The summed E-state index contributed by atoms with van der Waals surface area (Å²) in [5.41, 5.74) is 6.26. The lowest BCUT2D eigenvalue weighted by molar-refractivity contribution is 0.0688. The first-order valence-electron chi connectivity index (χ1n) is 8.32. The zero-order chi connectivity index (χ0) is 18.1. The number of rotatable bonds is 6. The van der Waals surface area contributed by atoms with E-state index in [-0.39, 0.29) is 16.2 Å². The molecule has 0 aliphatic heterocycles. The van der Waals surface area contributed by atoms with Crippen LogP contribution in [0, 0.1) is 16.2 Å². The van der Waals surface area contributed by atoms with Gasteiger partial charge in [-0.3, -0.25) is 0 Å². The van der Waals surface area contributed by atoms with Gasteiger partial charge in [-0.05, 0) is 59.3 Å². The van der Waals surface area contributed by atoms with E-state index in [1.54, 1.807) is 0 Å².